The predicted molar refractivity (Wildman–Crippen MR) is 55.8 cm³/mol. The second kappa shape index (κ2) is 3.89. The molecule has 0 aromatic heterocycles. The highest BCUT2D eigenvalue weighted by molar-refractivity contribution is 5.77. The number of hydrogen-bond acceptors (Lipinski definition) is 2. The molecule has 14 heavy (non-hydrogen) atoms. The third kappa shape index (κ3) is 2.08. The lowest BCUT2D eigenvalue weighted by Gasteiger charge is -2.25. The third-order valence-electron chi connectivity index (χ3n) is 3.56. The summed E-state index contributed by atoms with van der Waals surface area (Å²) in [5.41, 5.74) is 6.01. The van der Waals surface area contributed by atoms with Crippen LogP contribution < -0.4 is 5.73 Å². The second-order valence-corrected chi connectivity index (χ2v) is 4.83. The van der Waals surface area contributed by atoms with Crippen molar-refractivity contribution in [3.63, 3.8) is 0 Å². The molecule has 1 aliphatic carbocycles. The Balaban J connectivity index is 1.86. The van der Waals surface area contributed by atoms with Gasteiger partial charge in [-0.3, -0.25) is 4.79 Å². The normalized spacial score (nSPS) is 25.6. The summed E-state index contributed by atoms with van der Waals surface area (Å²) in [6, 6.07) is 0. The Bertz CT molecular complexity index is 215. The van der Waals surface area contributed by atoms with Gasteiger partial charge in [0, 0.05) is 25.0 Å². The van der Waals surface area contributed by atoms with Crippen molar-refractivity contribution in [3.8, 4) is 0 Å². The number of amides is 1. The summed E-state index contributed by atoms with van der Waals surface area (Å²) in [6.45, 7) is 1.91. The van der Waals surface area contributed by atoms with Crippen molar-refractivity contribution in [2.75, 3.05) is 13.1 Å². The van der Waals surface area contributed by atoms with Crippen LogP contribution in [0.25, 0.3) is 0 Å². The van der Waals surface area contributed by atoms with Crippen molar-refractivity contribution in [2.45, 2.75) is 50.5 Å². The predicted octanol–water partition coefficient (Wildman–Crippen LogP) is 1.27. The molecule has 80 valence electrons. The van der Waals surface area contributed by atoms with E-state index in [0.717, 1.165) is 25.9 Å². The monoisotopic (exact) mass is 196 g/mol. The summed E-state index contributed by atoms with van der Waals surface area (Å²) in [7, 11) is 0. The van der Waals surface area contributed by atoms with Crippen molar-refractivity contribution in [1.29, 1.82) is 0 Å². The fraction of sp³-hybridized carbons (Fsp3) is 0.909. The summed E-state index contributed by atoms with van der Waals surface area (Å²) < 4.78 is 0. The molecular weight excluding hydrogens is 176 g/mol. The van der Waals surface area contributed by atoms with Gasteiger partial charge in [-0.2, -0.15) is 0 Å². The largest absolute Gasteiger partial charge is 0.343 e. The van der Waals surface area contributed by atoms with Crippen LogP contribution in [0.5, 0.6) is 0 Å². The van der Waals surface area contributed by atoms with Gasteiger partial charge >= 0.3 is 0 Å². The lowest BCUT2D eigenvalue weighted by atomic mass is 9.94. The molecule has 0 spiro atoms. The van der Waals surface area contributed by atoms with E-state index < -0.39 is 0 Å². The third-order valence-corrected chi connectivity index (χ3v) is 3.56. The van der Waals surface area contributed by atoms with Crippen molar-refractivity contribution >= 4 is 5.91 Å². The summed E-state index contributed by atoms with van der Waals surface area (Å²) >= 11 is 0. The second-order valence-electron chi connectivity index (χ2n) is 4.83. The Morgan fingerprint density at radius 1 is 1.14 bits per heavy atom. The van der Waals surface area contributed by atoms with E-state index in [1.807, 2.05) is 4.90 Å². The quantitative estimate of drug-likeness (QED) is 0.723. The van der Waals surface area contributed by atoms with Gasteiger partial charge in [0.25, 0.3) is 0 Å². The number of hydrogen-bond donors (Lipinski definition) is 1. The highest BCUT2D eigenvalue weighted by Gasteiger charge is 2.33. The number of carbonyl (C=O) groups excluding carboxylic acids is 1. The van der Waals surface area contributed by atoms with E-state index in [2.05, 4.69) is 0 Å². The molecule has 1 saturated carbocycles. The highest BCUT2D eigenvalue weighted by atomic mass is 16.2. The molecule has 2 rings (SSSR count). The van der Waals surface area contributed by atoms with Crippen LogP contribution in [0.1, 0.15) is 44.9 Å². The number of likely N-dealkylation sites (tertiary alicyclic amines) is 1. The lowest BCUT2D eigenvalue weighted by molar-refractivity contribution is -0.131. The Hall–Kier alpha value is -0.570. The molecule has 2 aliphatic rings. The van der Waals surface area contributed by atoms with Gasteiger partial charge in [0.05, 0.1) is 0 Å². The standard InChI is InChI=1S/C11H20N2O/c12-11(5-1-2-6-11)9-10(14)13-7-3-4-8-13/h1-9,12H2. The van der Waals surface area contributed by atoms with E-state index in [-0.39, 0.29) is 11.4 Å². The fourth-order valence-electron chi connectivity index (χ4n) is 2.64. The van der Waals surface area contributed by atoms with Crippen LogP contribution in [0.3, 0.4) is 0 Å². The first-order valence-electron chi connectivity index (χ1n) is 5.76. The van der Waals surface area contributed by atoms with Crippen LogP contribution >= 0.6 is 0 Å². The maximum absolute atomic E-state index is 11.9. The van der Waals surface area contributed by atoms with E-state index in [9.17, 15) is 4.79 Å². The number of rotatable bonds is 2. The zero-order valence-corrected chi connectivity index (χ0v) is 8.80. The molecule has 0 aromatic carbocycles. The number of nitrogens with zero attached hydrogens (tertiary/aromatic N) is 1. The zero-order valence-electron chi connectivity index (χ0n) is 8.80. The minimum absolute atomic E-state index is 0.167. The van der Waals surface area contributed by atoms with Gasteiger partial charge in [0.15, 0.2) is 0 Å². The van der Waals surface area contributed by atoms with E-state index in [1.54, 1.807) is 0 Å². The molecule has 0 aromatic rings. The topological polar surface area (TPSA) is 46.3 Å². The maximum atomic E-state index is 11.9. The first kappa shape index (κ1) is 9.97. The minimum atomic E-state index is -0.167. The van der Waals surface area contributed by atoms with Crippen LogP contribution in [0, 0.1) is 0 Å². The van der Waals surface area contributed by atoms with Gasteiger partial charge < -0.3 is 10.6 Å². The Morgan fingerprint density at radius 3 is 2.29 bits per heavy atom. The Morgan fingerprint density at radius 2 is 1.71 bits per heavy atom. The van der Waals surface area contributed by atoms with Crippen LogP contribution in [0.2, 0.25) is 0 Å². The molecule has 0 radical (unpaired) electrons. The summed E-state index contributed by atoms with van der Waals surface area (Å²) in [5, 5.41) is 0. The zero-order chi connectivity index (χ0) is 10.0. The van der Waals surface area contributed by atoms with Crippen LogP contribution in [-0.4, -0.2) is 29.4 Å². The van der Waals surface area contributed by atoms with Gasteiger partial charge in [-0.1, -0.05) is 12.8 Å². The number of carbonyl (C=O) groups is 1. The van der Waals surface area contributed by atoms with E-state index in [4.69, 9.17) is 5.73 Å². The van der Waals surface area contributed by atoms with Gasteiger partial charge in [-0.25, -0.2) is 0 Å². The molecular formula is C11H20N2O. The van der Waals surface area contributed by atoms with Crippen molar-refractivity contribution < 1.29 is 4.79 Å². The van der Waals surface area contributed by atoms with Gasteiger partial charge in [0.2, 0.25) is 5.91 Å². The first-order chi connectivity index (χ1) is 6.70. The smallest absolute Gasteiger partial charge is 0.224 e. The molecule has 1 heterocycles. The molecule has 2 fully saturated rings. The number of nitrogens with two attached hydrogens (primary N) is 1. The van der Waals surface area contributed by atoms with Crippen molar-refractivity contribution in [1.82, 2.24) is 4.90 Å². The Labute approximate surface area is 85.6 Å². The maximum Gasteiger partial charge on any atom is 0.224 e. The molecule has 0 bridgehead atoms. The summed E-state index contributed by atoms with van der Waals surface area (Å²) in [5.74, 6) is 0.284. The molecule has 0 unspecified atom stereocenters. The van der Waals surface area contributed by atoms with E-state index in [1.165, 1.54) is 25.7 Å². The van der Waals surface area contributed by atoms with Crippen molar-refractivity contribution in [3.05, 3.63) is 0 Å². The lowest BCUT2D eigenvalue weighted by Crippen LogP contribution is -2.42. The molecule has 0 atom stereocenters. The summed E-state index contributed by atoms with van der Waals surface area (Å²) in [6.07, 6.45) is 7.38. The van der Waals surface area contributed by atoms with Gasteiger partial charge in [-0.05, 0) is 25.7 Å². The fourth-order valence-corrected chi connectivity index (χ4v) is 2.64. The highest BCUT2D eigenvalue weighted by Crippen LogP contribution is 2.30. The molecule has 1 aliphatic heterocycles. The van der Waals surface area contributed by atoms with Gasteiger partial charge in [0.1, 0.15) is 0 Å². The van der Waals surface area contributed by atoms with Crippen molar-refractivity contribution in [2.24, 2.45) is 5.73 Å². The average Bonchev–Trinajstić information content (AvgIpc) is 2.74. The van der Waals surface area contributed by atoms with Gasteiger partial charge in [-0.15, -0.1) is 0 Å². The van der Waals surface area contributed by atoms with Crippen LogP contribution in [-0.2, 0) is 4.79 Å². The average molecular weight is 196 g/mol. The molecule has 1 saturated heterocycles. The summed E-state index contributed by atoms with van der Waals surface area (Å²) in [4.78, 5) is 13.8. The Kier molecular flexibility index (Phi) is 2.77. The van der Waals surface area contributed by atoms with E-state index in [0.29, 0.717) is 6.42 Å². The van der Waals surface area contributed by atoms with E-state index >= 15 is 0 Å². The minimum Gasteiger partial charge on any atom is -0.343 e. The molecule has 2 N–H and O–H groups in total. The molecule has 3 heteroatoms. The van der Waals surface area contributed by atoms with Crippen LogP contribution in [0.15, 0.2) is 0 Å². The van der Waals surface area contributed by atoms with Crippen LogP contribution in [0.4, 0.5) is 0 Å². The molecule has 3 nitrogen and oxygen atoms in total. The SMILES string of the molecule is NC1(CC(=O)N2CCCC2)CCCC1. The first-order valence-corrected chi connectivity index (χ1v) is 5.76. The molecule has 1 amide bonds.